The molecule has 1 aliphatic rings. The molecule has 1 atom stereocenters. The third kappa shape index (κ3) is 3.95. The largest absolute Gasteiger partial charge is 0.366 e. The molecular weight excluding hydrogens is 388 g/mol. The van der Waals surface area contributed by atoms with E-state index in [4.69, 9.17) is 0 Å². The van der Waals surface area contributed by atoms with Crippen LogP contribution in [-0.2, 0) is 16.4 Å². The fraction of sp³-hybridized carbons (Fsp3) is 0.222. The summed E-state index contributed by atoms with van der Waals surface area (Å²) in [6.45, 7) is 0.330. The van der Waals surface area contributed by atoms with Gasteiger partial charge in [0.25, 0.3) is 6.43 Å². The number of rotatable bonds is 6. The summed E-state index contributed by atoms with van der Waals surface area (Å²) in [7, 11) is -3.45. The van der Waals surface area contributed by atoms with Crippen LogP contribution in [0.5, 0.6) is 0 Å². The van der Waals surface area contributed by atoms with Crippen molar-refractivity contribution < 1.29 is 17.2 Å². The van der Waals surface area contributed by atoms with Gasteiger partial charge >= 0.3 is 0 Å². The molecule has 2 N–H and O–H groups in total. The molecule has 0 amide bonds. The quantitative estimate of drug-likeness (QED) is 0.758. The number of nitrogens with one attached hydrogen (secondary N) is 2. The van der Waals surface area contributed by atoms with Crippen molar-refractivity contribution in [1.29, 1.82) is 5.26 Å². The molecule has 0 fully saturated rings. The second-order valence-electron chi connectivity index (χ2n) is 6.22. The molecule has 0 bridgehead atoms. The molecule has 10 heteroatoms. The van der Waals surface area contributed by atoms with Gasteiger partial charge in [0.2, 0.25) is 5.54 Å². The van der Waals surface area contributed by atoms with Crippen molar-refractivity contribution in [2.45, 2.75) is 23.4 Å². The van der Waals surface area contributed by atoms with E-state index < -0.39 is 21.8 Å². The summed E-state index contributed by atoms with van der Waals surface area (Å²) in [5, 5.41) is 13.5. The van der Waals surface area contributed by atoms with Gasteiger partial charge in [-0.05, 0) is 23.8 Å². The van der Waals surface area contributed by atoms with Crippen LogP contribution in [0, 0.1) is 11.3 Å². The van der Waals surface area contributed by atoms with E-state index in [1.54, 1.807) is 6.07 Å². The maximum atomic E-state index is 13.6. The number of aromatic nitrogens is 1. The molecule has 2 heterocycles. The fourth-order valence-corrected chi connectivity index (χ4v) is 3.16. The van der Waals surface area contributed by atoms with Crippen LogP contribution >= 0.6 is 0 Å². The lowest BCUT2D eigenvalue weighted by Crippen LogP contribution is -2.52. The van der Waals surface area contributed by atoms with E-state index in [1.165, 1.54) is 17.1 Å². The average molecular weight is 405 g/mol. The Morgan fingerprint density at radius 1 is 1.29 bits per heavy atom. The lowest BCUT2D eigenvalue weighted by Gasteiger charge is -2.26. The number of benzene rings is 1. The minimum absolute atomic E-state index is 0.00127. The van der Waals surface area contributed by atoms with Crippen LogP contribution in [-0.4, -0.2) is 31.6 Å². The number of pyridine rings is 1. The van der Waals surface area contributed by atoms with Crippen LogP contribution in [0.1, 0.15) is 5.56 Å². The molecule has 3 rings (SSSR count). The number of nitrogens with zero attached hydrogens (tertiary/aromatic N) is 3. The zero-order valence-corrected chi connectivity index (χ0v) is 15.6. The van der Waals surface area contributed by atoms with E-state index in [-0.39, 0.29) is 16.5 Å². The fourth-order valence-electron chi connectivity index (χ4n) is 2.60. The smallest absolute Gasteiger partial charge is 0.275 e. The summed E-state index contributed by atoms with van der Waals surface area (Å²) in [4.78, 5) is 4.04. The average Bonchev–Trinajstić information content (AvgIpc) is 3.07. The first kappa shape index (κ1) is 19.7. The minimum Gasteiger partial charge on any atom is -0.366 e. The Hall–Kier alpha value is -3.03. The topological polar surface area (TPSA) is 98.1 Å². The van der Waals surface area contributed by atoms with E-state index in [0.29, 0.717) is 6.54 Å². The van der Waals surface area contributed by atoms with Crippen LogP contribution in [0.25, 0.3) is 0 Å². The minimum atomic E-state index is -3.45. The van der Waals surface area contributed by atoms with Gasteiger partial charge < -0.3 is 5.32 Å². The molecule has 0 saturated heterocycles. The summed E-state index contributed by atoms with van der Waals surface area (Å²) in [6.07, 6.45) is 0.288. The maximum Gasteiger partial charge on any atom is 0.275 e. The Morgan fingerprint density at radius 3 is 2.54 bits per heavy atom. The van der Waals surface area contributed by atoms with Gasteiger partial charge in [-0.25, -0.2) is 27.2 Å². The normalized spacial score (nSPS) is 19.4. The van der Waals surface area contributed by atoms with E-state index in [2.05, 4.69) is 15.7 Å². The summed E-state index contributed by atoms with van der Waals surface area (Å²) in [5.41, 5.74) is 1.16. The second kappa shape index (κ2) is 7.53. The van der Waals surface area contributed by atoms with Crippen LogP contribution in [0.3, 0.4) is 0 Å². The Bertz CT molecular complexity index is 1020. The van der Waals surface area contributed by atoms with Crippen LogP contribution < -0.4 is 15.8 Å². The molecule has 1 aliphatic heterocycles. The predicted molar refractivity (Wildman–Crippen MR) is 98.7 cm³/mol. The maximum absolute atomic E-state index is 13.6. The van der Waals surface area contributed by atoms with Crippen molar-refractivity contribution in [3.05, 3.63) is 66.1 Å². The van der Waals surface area contributed by atoms with Crippen molar-refractivity contribution in [2.24, 2.45) is 0 Å². The summed E-state index contributed by atoms with van der Waals surface area (Å²) < 4.78 is 50.3. The first-order valence-corrected chi connectivity index (χ1v) is 10.1. The highest BCUT2D eigenvalue weighted by Crippen LogP contribution is 2.29. The SMILES string of the molecule is CS(=O)(=O)c1ccc(N2NC(C#N)(C(F)F)C=C2NCc2ccccc2)nc1. The van der Waals surface area contributed by atoms with Gasteiger partial charge in [-0.2, -0.15) is 10.7 Å². The van der Waals surface area contributed by atoms with Gasteiger partial charge in [-0.15, -0.1) is 0 Å². The van der Waals surface area contributed by atoms with Crippen LogP contribution in [0.15, 0.2) is 65.5 Å². The van der Waals surface area contributed by atoms with Crippen molar-refractivity contribution in [3.8, 4) is 6.07 Å². The van der Waals surface area contributed by atoms with Crippen molar-refractivity contribution in [2.75, 3.05) is 11.3 Å². The predicted octanol–water partition coefficient (Wildman–Crippen LogP) is 1.97. The summed E-state index contributed by atoms with van der Waals surface area (Å²) in [6, 6.07) is 13.6. The molecule has 0 spiro atoms. The molecule has 2 aromatic rings. The lowest BCUT2D eigenvalue weighted by molar-refractivity contribution is 0.0903. The Balaban J connectivity index is 1.91. The van der Waals surface area contributed by atoms with Gasteiger partial charge in [-0.3, -0.25) is 0 Å². The van der Waals surface area contributed by atoms with E-state index in [0.717, 1.165) is 24.1 Å². The molecule has 0 aliphatic carbocycles. The molecule has 1 unspecified atom stereocenters. The molecule has 1 aromatic carbocycles. The van der Waals surface area contributed by atoms with Gasteiger partial charge in [0.15, 0.2) is 9.84 Å². The van der Waals surface area contributed by atoms with Crippen LogP contribution in [0.4, 0.5) is 14.6 Å². The summed E-state index contributed by atoms with van der Waals surface area (Å²) in [5.74, 6) is 0.377. The number of hydrogen-bond donors (Lipinski definition) is 2. The van der Waals surface area contributed by atoms with Crippen molar-refractivity contribution in [3.63, 3.8) is 0 Å². The lowest BCUT2D eigenvalue weighted by atomic mass is 10.0. The van der Waals surface area contributed by atoms with E-state index >= 15 is 0 Å². The number of hydrazine groups is 1. The number of nitriles is 1. The van der Waals surface area contributed by atoms with E-state index in [9.17, 15) is 22.5 Å². The van der Waals surface area contributed by atoms with Gasteiger partial charge in [-0.1, -0.05) is 30.3 Å². The first-order valence-electron chi connectivity index (χ1n) is 8.19. The Morgan fingerprint density at radius 2 is 2.00 bits per heavy atom. The molecule has 0 radical (unpaired) electrons. The van der Waals surface area contributed by atoms with Crippen LogP contribution in [0.2, 0.25) is 0 Å². The van der Waals surface area contributed by atoms with Crippen molar-refractivity contribution >= 4 is 15.7 Å². The highest BCUT2D eigenvalue weighted by Gasteiger charge is 2.46. The molecular formula is C18H17F2N5O2S. The van der Waals surface area contributed by atoms with Gasteiger partial charge in [0, 0.05) is 19.0 Å². The number of halogens is 2. The van der Waals surface area contributed by atoms with Gasteiger partial charge in [0.05, 0.1) is 11.0 Å². The van der Waals surface area contributed by atoms with Crippen molar-refractivity contribution in [1.82, 2.24) is 15.7 Å². The van der Waals surface area contributed by atoms with Gasteiger partial charge in [0.1, 0.15) is 11.6 Å². The zero-order chi connectivity index (χ0) is 20.4. The number of hydrogen-bond acceptors (Lipinski definition) is 7. The highest BCUT2D eigenvalue weighted by molar-refractivity contribution is 7.90. The van der Waals surface area contributed by atoms with E-state index in [1.807, 2.05) is 30.3 Å². The third-order valence-electron chi connectivity index (χ3n) is 4.13. The highest BCUT2D eigenvalue weighted by atomic mass is 32.2. The zero-order valence-electron chi connectivity index (χ0n) is 14.8. The third-order valence-corrected chi connectivity index (χ3v) is 5.22. The first-order chi connectivity index (χ1) is 13.2. The Labute approximate surface area is 161 Å². The molecule has 0 saturated carbocycles. The molecule has 28 heavy (non-hydrogen) atoms. The Kier molecular flexibility index (Phi) is 5.31. The number of sulfone groups is 1. The molecule has 7 nitrogen and oxygen atoms in total. The molecule has 146 valence electrons. The second-order valence-corrected chi connectivity index (χ2v) is 8.24. The number of alkyl halides is 2. The monoisotopic (exact) mass is 405 g/mol. The molecule has 1 aromatic heterocycles. The summed E-state index contributed by atoms with van der Waals surface area (Å²) >= 11 is 0. The standard InChI is InChI=1S/C18H17F2N5O2S/c1-28(26,27)14-7-8-15(23-11-14)25-16(9-18(12-21,24-25)17(19)20)22-10-13-5-3-2-4-6-13/h2-9,11,17,22,24H,10H2,1H3. The number of anilines is 1.